The quantitative estimate of drug-likeness (QED) is 0.636. The molecule has 0 aromatic heterocycles. The van der Waals surface area contributed by atoms with Crippen molar-refractivity contribution in [3.05, 3.63) is 29.3 Å². The maximum absolute atomic E-state index is 3.51. The van der Waals surface area contributed by atoms with E-state index < -0.39 is 0 Å². The van der Waals surface area contributed by atoms with Crippen molar-refractivity contribution in [3.63, 3.8) is 0 Å². The Bertz CT molecular complexity index is 399. The van der Waals surface area contributed by atoms with Crippen LogP contribution in [-0.2, 0) is 0 Å². The summed E-state index contributed by atoms with van der Waals surface area (Å²) in [7, 11) is 2.21. The Morgan fingerprint density at radius 3 is 2.43 bits per heavy atom. The van der Waals surface area contributed by atoms with E-state index in [2.05, 4.69) is 63.2 Å². The predicted molar refractivity (Wildman–Crippen MR) is 95.4 cm³/mol. The van der Waals surface area contributed by atoms with Gasteiger partial charge in [0.25, 0.3) is 0 Å². The summed E-state index contributed by atoms with van der Waals surface area (Å²) in [5, 5.41) is 3.51. The molecule has 1 aromatic carbocycles. The topological polar surface area (TPSA) is 15.3 Å². The minimum atomic E-state index is 0.761. The molecule has 1 aromatic rings. The summed E-state index contributed by atoms with van der Waals surface area (Å²) in [5.74, 6) is 0.761. The third kappa shape index (κ3) is 7.52. The van der Waals surface area contributed by atoms with Crippen molar-refractivity contribution in [3.8, 4) is 0 Å². The monoisotopic (exact) mass is 290 g/mol. The average molecular weight is 290 g/mol. The van der Waals surface area contributed by atoms with Crippen molar-refractivity contribution in [1.82, 2.24) is 5.32 Å². The first-order chi connectivity index (χ1) is 10.0. The van der Waals surface area contributed by atoms with Gasteiger partial charge in [0.1, 0.15) is 0 Å². The molecule has 0 fully saturated rings. The third-order valence-electron chi connectivity index (χ3n) is 3.91. The van der Waals surface area contributed by atoms with E-state index >= 15 is 0 Å². The molecule has 0 radical (unpaired) electrons. The highest BCUT2D eigenvalue weighted by molar-refractivity contribution is 5.53. The lowest BCUT2D eigenvalue weighted by Crippen LogP contribution is -2.21. The van der Waals surface area contributed by atoms with Crippen LogP contribution in [0.15, 0.2) is 18.2 Å². The molecule has 2 nitrogen and oxygen atoms in total. The van der Waals surface area contributed by atoms with Crippen molar-refractivity contribution in [2.75, 3.05) is 31.6 Å². The number of aryl methyl sites for hydroxylation is 2. The Hall–Kier alpha value is -1.02. The van der Waals surface area contributed by atoms with Crippen molar-refractivity contribution < 1.29 is 0 Å². The molecule has 0 spiro atoms. The lowest BCUT2D eigenvalue weighted by atomic mass is 10.1. The summed E-state index contributed by atoms with van der Waals surface area (Å²) < 4.78 is 0. The van der Waals surface area contributed by atoms with Crippen LogP contribution in [0.2, 0.25) is 0 Å². The number of hydrogen-bond acceptors (Lipinski definition) is 2. The lowest BCUT2D eigenvalue weighted by Gasteiger charge is -2.21. The highest BCUT2D eigenvalue weighted by Crippen LogP contribution is 2.20. The van der Waals surface area contributed by atoms with Crippen molar-refractivity contribution >= 4 is 5.69 Å². The summed E-state index contributed by atoms with van der Waals surface area (Å²) in [6, 6.07) is 6.73. The van der Waals surface area contributed by atoms with Gasteiger partial charge in [-0.05, 0) is 57.3 Å². The molecule has 0 bridgehead atoms. The van der Waals surface area contributed by atoms with Crippen LogP contribution in [0.1, 0.15) is 50.7 Å². The molecule has 0 aliphatic heterocycles. The van der Waals surface area contributed by atoms with E-state index in [0.717, 1.165) is 19.0 Å². The number of nitrogens with zero attached hydrogens (tertiary/aromatic N) is 1. The second-order valence-electron chi connectivity index (χ2n) is 6.72. The Balaban J connectivity index is 2.12. The third-order valence-corrected chi connectivity index (χ3v) is 3.91. The molecule has 120 valence electrons. The van der Waals surface area contributed by atoms with Crippen LogP contribution in [0.25, 0.3) is 0 Å². The van der Waals surface area contributed by atoms with Gasteiger partial charge in [-0.3, -0.25) is 0 Å². The minimum Gasteiger partial charge on any atom is -0.374 e. The van der Waals surface area contributed by atoms with Gasteiger partial charge < -0.3 is 10.2 Å². The smallest absolute Gasteiger partial charge is 0.0393 e. The van der Waals surface area contributed by atoms with Crippen LogP contribution in [0.3, 0.4) is 0 Å². The van der Waals surface area contributed by atoms with Gasteiger partial charge in [0, 0.05) is 19.3 Å². The molecule has 0 atom stereocenters. The Kier molecular flexibility index (Phi) is 8.44. The predicted octanol–water partition coefficient (Wildman–Crippen LogP) is 4.55. The maximum Gasteiger partial charge on any atom is 0.0393 e. The molecule has 0 heterocycles. The number of nitrogens with one attached hydrogen (secondary N) is 1. The van der Waals surface area contributed by atoms with Crippen molar-refractivity contribution in [2.24, 2.45) is 5.92 Å². The number of rotatable bonds is 10. The van der Waals surface area contributed by atoms with Gasteiger partial charge in [-0.1, -0.05) is 44.4 Å². The van der Waals surface area contributed by atoms with E-state index in [1.165, 1.54) is 49.0 Å². The van der Waals surface area contributed by atoms with E-state index in [1.807, 2.05) is 0 Å². The van der Waals surface area contributed by atoms with Crippen LogP contribution in [0.5, 0.6) is 0 Å². The standard InChI is InChI=1S/C19H34N2/c1-16(2)15-20-12-8-6-7-9-13-21(5)19-11-10-17(3)14-18(19)4/h10-11,14,16,20H,6-9,12-13,15H2,1-5H3. The van der Waals surface area contributed by atoms with Gasteiger partial charge in [0.15, 0.2) is 0 Å². The molecule has 1 rings (SSSR count). The average Bonchev–Trinajstić information content (AvgIpc) is 2.41. The minimum absolute atomic E-state index is 0.761. The first-order valence-electron chi connectivity index (χ1n) is 8.50. The van der Waals surface area contributed by atoms with E-state index in [4.69, 9.17) is 0 Å². The largest absolute Gasteiger partial charge is 0.374 e. The number of anilines is 1. The summed E-state index contributed by atoms with van der Waals surface area (Å²) >= 11 is 0. The van der Waals surface area contributed by atoms with Crippen LogP contribution >= 0.6 is 0 Å². The summed E-state index contributed by atoms with van der Waals surface area (Å²) in [6.45, 7) is 12.4. The van der Waals surface area contributed by atoms with Crippen LogP contribution in [0.4, 0.5) is 5.69 Å². The van der Waals surface area contributed by atoms with Crippen LogP contribution < -0.4 is 10.2 Å². The summed E-state index contributed by atoms with van der Waals surface area (Å²) in [6.07, 6.45) is 5.26. The number of unbranched alkanes of at least 4 members (excludes halogenated alkanes) is 3. The molecule has 1 N–H and O–H groups in total. The normalized spacial score (nSPS) is 11.1. The van der Waals surface area contributed by atoms with Gasteiger partial charge in [-0.25, -0.2) is 0 Å². The Morgan fingerprint density at radius 2 is 1.76 bits per heavy atom. The first kappa shape index (κ1) is 18.0. The SMILES string of the molecule is Cc1ccc(N(C)CCCCCCNCC(C)C)c(C)c1. The fourth-order valence-electron chi connectivity index (χ4n) is 2.70. The van der Waals surface area contributed by atoms with Gasteiger partial charge in [0.2, 0.25) is 0 Å². The zero-order valence-electron chi connectivity index (χ0n) is 14.7. The highest BCUT2D eigenvalue weighted by Gasteiger charge is 2.04. The fourth-order valence-corrected chi connectivity index (χ4v) is 2.70. The molecule has 2 heteroatoms. The molecule has 0 aliphatic carbocycles. The molecular formula is C19H34N2. The van der Waals surface area contributed by atoms with Crippen LogP contribution in [-0.4, -0.2) is 26.7 Å². The van der Waals surface area contributed by atoms with Gasteiger partial charge in [-0.2, -0.15) is 0 Å². The van der Waals surface area contributed by atoms with E-state index in [-0.39, 0.29) is 0 Å². The highest BCUT2D eigenvalue weighted by atomic mass is 15.1. The summed E-state index contributed by atoms with van der Waals surface area (Å²) in [4.78, 5) is 2.39. The molecule has 0 unspecified atom stereocenters. The van der Waals surface area contributed by atoms with Gasteiger partial charge >= 0.3 is 0 Å². The van der Waals surface area contributed by atoms with Gasteiger partial charge in [0.05, 0.1) is 0 Å². The Labute approximate surface area is 131 Å². The molecule has 0 saturated heterocycles. The number of hydrogen-bond donors (Lipinski definition) is 1. The summed E-state index contributed by atoms with van der Waals surface area (Å²) in [5.41, 5.74) is 4.10. The lowest BCUT2D eigenvalue weighted by molar-refractivity contribution is 0.526. The van der Waals surface area contributed by atoms with E-state index in [0.29, 0.717) is 0 Å². The Morgan fingerprint density at radius 1 is 1.05 bits per heavy atom. The molecular weight excluding hydrogens is 256 g/mol. The second-order valence-corrected chi connectivity index (χ2v) is 6.72. The van der Waals surface area contributed by atoms with E-state index in [9.17, 15) is 0 Å². The van der Waals surface area contributed by atoms with Crippen molar-refractivity contribution in [2.45, 2.75) is 53.4 Å². The second kappa shape index (κ2) is 9.83. The van der Waals surface area contributed by atoms with Crippen molar-refractivity contribution in [1.29, 1.82) is 0 Å². The van der Waals surface area contributed by atoms with Gasteiger partial charge in [-0.15, -0.1) is 0 Å². The zero-order valence-corrected chi connectivity index (χ0v) is 14.7. The zero-order chi connectivity index (χ0) is 15.7. The fraction of sp³-hybridized carbons (Fsp3) is 0.684. The first-order valence-corrected chi connectivity index (χ1v) is 8.50. The number of benzene rings is 1. The molecule has 0 aliphatic rings. The molecule has 0 saturated carbocycles. The molecule has 21 heavy (non-hydrogen) atoms. The molecule has 0 amide bonds. The van der Waals surface area contributed by atoms with Crippen LogP contribution in [0, 0.1) is 19.8 Å². The maximum atomic E-state index is 3.51. The van der Waals surface area contributed by atoms with E-state index in [1.54, 1.807) is 0 Å².